The first-order chi connectivity index (χ1) is 21.9. The highest BCUT2D eigenvalue weighted by atomic mass is 16.2. The Morgan fingerprint density at radius 1 is 0.860 bits per heavy atom. The molecule has 0 unspecified atom stereocenters. The van der Waals surface area contributed by atoms with Crippen molar-refractivity contribution in [1.29, 1.82) is 10.5 Å². The van der Waals surface area contributed by atoms with Crippen molar-refractivity contribution in [1.82, 2.24) is 18.3 Å². The van der Waals surface area contributed by atoms with Crippen molar-refractivity contribution in [3.63, 3.8) is 0 Å². The van der Waals surface area contributed by atoms with Gasteiger partial charge in [-0.2, -0.15) is 10.5 Å². The molecule has 3 heterocycles. The van der Waals surface area contributed by atoms with E-state index in [4.69, 9.17) is 4.11 Å². The van der Waals surface area contributed by atoms with E-state index < -0.39 is 29.5 Å². The van der Waals surface area contributed by atoms with Crippen LogP contribution in [0.4, 0.5) is 11.6 Å². The van der Waals surface area contributed by atoms with Gasteiger partial charge >= 0.3 is 11.4 Å². The molecule has 0 bridgehead atoms. The fraction of sp³-hybridized carbons (Fsp3) is 0.290. The highest BCUT2D eigenvalue weighted by molar-refractivity contribution is 5.45. The summed E-state index contributed by atoms with van der Waals surface area (Å²) in [7, 11) is 1.37. The molecule has 2 aromatic heterocycles. The molecule has 1 fully saturated rings. The van der Waals surface area contributed by atoms with Gasteiger partial charge in [0.15, 0.2) is 0 Å². The molecule has 0 radical (unpaired) electrons. The minimum Gasteiger partial charge on any atom is -0.367 e. The second kappa shape index (κ2) is 12.1. The number of piperidine rings is 1. The Morgan fingerprint density at radius 2 is 1.44 bits per heavy atom. The van der Waals surface area contributed by atoms with Gasteiger partial charge in [-0.15, -0.1) is 0 Å². The molecule has 12 heteroatoms. The zero-order valence-electron chi connectivity index (χ0n) is 26.4. The number of hydrogen-bond acceptors (Lipinski definition) is 8. The number of nitrogens with zero attached hydrogens (tertiary/aromatic N) is 7. The molecule has 0 amide bonds. The van der Waals surface area contributed by atoms with Crippen LogP contribution in [0.5, 0.6) is 0 Å². The van der Waals surface area contributed by atoms with Gasteiger partial charge in [0.1, 0.15) is 11.6 Å². The van der Waals surface area contributed by atoms with Gasteiger partial charge in [0.25, 0.3) is 11.1 Å². The fourth-order valence-corrected chi connectivity index (χ4v) is 5.31. The minimum absolute atomic E-state index is 0.0284. The van der Waals surface area contributed by atoms with E-state index in [0.717, 1.165) is 10.6 Å². The zero-order chi connectivity index (χ0) is 33.2. The predicted molar refractivity (Wildman–Crippen MR) is 161 cm³/mol. The Hall–Kier alpha value is -5.62. The van der Waals surface area contributed by atoms with Crippen LogP contribution >= 0.6 is 0 Å². The van der Waals surface area contributed by atoms with Crippen molar-refractivity contribution in [3.8, 4) is 12.1 Å². The third-order valence-electron chi connectivity index (χ3n) is 7.60. The molecule has 5 rings (SSSR count). The van der Waals surface area contributed by atoms with Crippen LogP contribution in [0.1, 0.15) is 39.2 Å². The van der Waals surface area contributed by atoms with Crippen LogP contribution in [0.25, 0.3) is 0 Å². The van der Waals surface area contributed by atoms with Crippen LogP contribution in [0.2, 0.25) is 0 Å². The van der Waals surface area contributed by atoms with Crippen molar-refractivity contribution >= 4 is 11.6 Å². The Morgan fingerprint density at radius 3 is 2.07 bits per heavy atom. The van der Waals surface area contributed by atoms with E-state index >= 15 is 0 Å². The van der Waals surface area contributed by atoms with E-state index in [1.54, 1.807) is 53.4 Å². The molecule has 0 spiro atoms. The fourth-order valence-electron chi connectivity index (χ4n) is 5.31. The molecule has 0 aliphatic carbocycles. The van der Waals surface area contributed by atoms with Crippen molar-refractivity contribution < 1.29 is 4.11 Å². The molecule has 12 nitrogen and oxygen atoms in total. The van der Waals surface area contributed by atoms with Gasteiger partial charge in [-0.25, -0.2) is 9.59 Å². The van der Waals surface area contributed by atoms with E-state index in [9.17, 15) is 29.7 Å². The van der Waals surface area contributed by atoms with Gasteiger partial charge in [-0.1, -0.05) is 36.4 Å². The zero-order valence-corrected chi connectivity index (χ0v) is 23.4. The number of hydrogen-bond donors (Lipinski definition) is 1. The smallest absolute Gasteiger partial charge is 0.332 e. The van der Waals surface area contributed by atoms with E-state index in [1.807, 2.05) is 0 Å². The first-order valence-electron chi connectivity index (χ1n) is 15.1. The summed E-state index contributed by atoms with van der Waals surface area (Å²) in [5.74, 6) is 0.421. The molecule has 1 aliphatic rings. The molecule has 4 aromatic rings. The first-order valence-corrected chi connectivity index (χ1v) is 13.6. The number of benzene rings is 2. The number of nitrogens with one attached hydrogen (secondary N) is 1. The van der Waals surface area contributed by atoms with Gasteiger partial charge in [-0.05, 0) is 36.1 Å². The lowest BCUT2D eigenvalue weighted by molar-refractivity contribution is 0.506. The van der Waals surface area contributed by atoms with Gasteiger partial charge < -0.3 is 10.2 Å². The topological polar surface area (TPSA) is 151 Å². The normalized spacial score (nSPS) is 15.9. The summed E-state index contributed by atoms with van der Waals surface area (Å²) in [6, 6.07) is 19.7. The molecule has 1 atom stereocenters. The van der Waals surface area contributed by atoms with Crippen LogP contribution in [0, 0.1) is 22.7 Å². The maximum atomic E-state index is 13.6. The highest BCUT2D eigenvalue weighted by Crippen LogP contribution is 2.22. The van der Waals surface area contributed by atoms with Gasteiger partial charge in [0.05, 0.1) is 36.4 Å². The molecule has 43 heavy (non-hydrogen) atoms. The first kappa shape index (κ1) is 25.1. The van der Waals surface area contributed by atoms with Crippen LogP contribution < -0.4 is 32.7 Å². The van der Waals surface area contributed by atoms with Crippen LogP contribution in [-0.4, -0.2) is 37.4 Å². The standard InChI is InChI=1S/C31H30N8O4/c1-35-28(40)14-26(38(30(35)42)18-23-10-5-3-8-21(23)16-32)34-25-12-7-13-37(20-25)27-15-29(41)36(2)31(43)39(27)19-24-11-6-4-9-22(24)17-33/h3-6,8-11,14-15,25,34H,7,12-13,18-20H2,1-2H3/t25-/m1/s1/i2D3. The number of aromatic nitrogens is 4. The van der Waals surface area contributed by atoms with Crippen LogP contribution in [0.3, 0.4) is 0 Å². The second-order valence-electron chi connectivity index (χ2n) is 10.3. The molecular weight excluding hydrogens is 548 g/mol. The predicted octanol–water partition coefficient (Wildman–Crippen LogP) is 1.33. The maximum absolute atomic E-state index is 13.6. The Labute approximate surface area is 250 Å². The molecule has 1 saturated heterocycles. The number of rotatable bonds is 7. The maximum Gasteiger partial charge on any atom is 0.332 e. The molecular formula is C31H30N8O4. The van der Waals surface area contributed by atoms with Crippen LogP contribution in [-0.2, 0) is 27.1 Å². The minimum atomic E-state index is -3.03. The van der Waals surface area contributed by atoms with E-state index in [-0.39, 0.29) is 41.9 Å². The lowest BCUT2D eigenvalue weighted by Crippen LogP contribution is -2.48. The van der Waals surface area contributed by atoms with Crippen molar-refractivity contribution in [2.24, 2.45) is 14.0 Å². The Kier molecular flexibility index (Phi) is 7.06. The quantitative estimate of drug-likeness (QED) is 0.343. The average Bonchev–Trinajstić information content (AvgIpc) is 3.03. The van der Waals surface area contributed by atoms with Gasteiger partial charge in [0, 0.05) is 49.4 Å². The summed E-state index contributed by atoms with van der Waals surface area (Å²) >= 11 is 0. The van der Waals surface area contributed by atoms with Crippen molar-refractivity contribution in [2.45, 2.75) is 32.0 Å². The summed E-state index contributed by atoms with van der Waals surface area (Å²) in [5, 5.41) is 22.5. The molecule has 0 saturated carbocycles. The second-order valence-corrected chi connectivity index (χ2v) is 10.3. The number of nitriles is 2. The highest BCUT2D eigenvalue weighted by Gasteiger charge is 2.25. The molecule has 2 aromatic carbocycles. The molecule has 218 valence electrons. The van der Waals surface area contributed by atoms with Gasteiger partial charge in [0.2, 0.25) is 0 Å². The number of anilines is 2. The van der Waals surface area contributed by atoms with E-state index in [0.29, 0.717) is 41.6 Å². The average molecular weight is 582 g/mol. The Bertz CT molecular complexity index is 2130. The molecule has 1 aliphatic heterocycles. The van der Waals surface area contributed by atoms with E-state index in [1.165, 1.54) is 22.2 Å². The summed E-state index contributed by atoms with van der Waals surface area (Å²) < 4.78 is 27.1. The Balaban J connectivity index is 1.54. The summed E-state index contributed by atoms with van der Waals surface area (Å²) in [4.78, 5) is 54.3. The summed E-state index contributed by atoms with van der Waals surface area (Å²) in [6.45, 7) is -2.50. The molecule has 1 N–H and O–H groups in total. The SMILES string of the molecule is [2H]C([2H])([2H])n1c(=O)cc(N2CCC[C@@H](Nc3cc(=O)n(C)c(=O)n3Cc3ccccc3C#N)C2)n(Cc2ccccc2C#N)c1=O. The third kappa shape index (κ3) is 5.76. The largest absolute Gasteiger partial charge is 0.367 e. The lowest BCUT2D eigenvalue weighted by atomic mass is 10.1. The van der Waals surface area contributed by atoms with Gasteiger partial charge in [-0.3, -0.25) is 27.9 Å². The summed E-state index contributed by atoms with van der Waals surface area (Å²) in [5.41, 5.74) is -1.38. The lowest BCUT2D eigenvalue weighted by Gasteiger charge is -2.36. The summed E-state index contributed by atoms with van der Waals surface area (Å²) in [6.07, 6.45) is 1.21. The van der Waals surface area contributed by atoms with Crippen LogP contribution in [0.15, 0.2) is 79.8 Å². The van der Waals surface area contributed by atoms with Crippen molar-refractivity contribution in [3.05, 3.63) is 125 Å². The van der Waals surface area contributed by atoms with Crippen molar-refractivity contribution in [2.75, 3.05) is 23.3 Å². The monoisotopic (exact) mass is 581 g/mol. The third-order valence-corrected chi connectivity index (χ3v) is 7.60. The van der Waals surface area contributed by atoms with E-state index in [2.05, 4.69) is 17.5 Å².